The number of rotatable bonds is 7. The van der Waals surface area contributed by atoms with E-state index in [1.165, 1.54) is 60.2 Å². The first-order valence-corrected chi connectivity index (χ1v) is 13.0. The van der Waals surface area contributed by atoms with E-state index in [0.29, 0.717) is 5.41 Å². The summed E-state index contributed by atoms with van der Waals surface area (Å²) in [5.74, 6) is 0.822. The summed E-state index contributed by atoms with van der Waals surface area (Å²) in [7, 11) is 0. The lowest BCUT2D eigenvalue weighted by Crippen LogP contribution is -2.46. The van der Waals surface area contributed by atoms with E-state index in [2.05, 4.69) is 83.1 Å². The van der Waals surface area contributed by atoms with Gasteiger partial charge in [0.05, 0.1) is 0 Å². The van der Waals surface area contributed by atoms with Crippen LogP contribution < -0.4 is 9.80 Å². The van der Waals surface area contributed by atoms with Gasteiger partial charge in [-0.3, -0.25) is 4.68 Å². The molecule has 1 aliphatic carbocycles. The lowest BCUT2D eigenvalue weighted by atomic mass is 9.86. The average Bonchev–Trinajstić information content (AvgIpc) is 3.48. The minimum Gasteiger partial charge on any atom is -0.368 e. The van der Waals surface area contributed by atoms with Gasteiger partial charge in [0, 0.05) is 44.1 Å². The van der Waals surface area contributed by atoms with Gasteiger partial charge in [0.25, 0.3) is 0 Å². The SMILES string of the molecule is Cc1ccc(N2CCN(c3ccc(CCC4CCC(C)(Cn5cncn5)C4)c(C)c3)CC2)cc1. The van der Waals surface area contributed by atoms with Crippen molar-refractivity contribution in [1.82, 2.24) is 14.8 Å². The van der Waals surface area contributed by atoms with E-state index >= 15 is 0 Å². The minimum atomic E-state index is 0.359. The second-order valence-electron chi connectivity index (χ2n) is 11.0. The molecule has 2 aromatic carbocycles. The Morgan fingerprint density at radius 1 is 0.941 bits per heavy atom. The number of benzene rings is 2. The molecule has 2 atom stereocenters. The molecule has 5 nitrogen and oxygen atoms in total. The smallest absolute Gasteiger partial charge is 0.137 e. The molecule has 0 bridgehead atoms. The van der Waals surface area contributed by atoms with Crippen molar-refractivity contribution in [2.75, 3.05) is 36.0 Å². The Kier molecular flexibility index (Phi) is 6.62. The van der Waals surface area contributed by atoms with Crippen LogP contribution in [-0.2, 0) is 13.0 Å². The number of anilines is 2. The van der Waals surface area contributed by atoms with Crippen LogP contribution >= 0.6 is 0 Å². The fraction of sp³-hybridized carbons (Fsp3) is 0.517. The van der Waals surface area contributed by atoms with Crippen LogP contribution in [0.2, 0.25) is 0 Å². The van der Waals surface area contributed by atoms with E-state index < -0.39 is 0 Å². The third-order valence-corrected chi connectivity index (χ3v) is 8.14. The molecular formula is C29H39N5. The molecule has 5 rings (SSSR count). The molecule has 34 heavy (non-hydrogen) atoms. The molecule has 1 saturated heterocycles. The number of aromatic nitrogens is 3. The quantitative estimate of drug-likeness (QED) is 0.459. The van der Waals surface area contributed by atoms with Crippen molar-refractivity contribution in [3.05, 3.63) is 71.8 Å². The Morgan fingerprint density at radius 2 is 1.65 bits per heavy atom. The maximum Gasteiger partial charge on any atom is 0.137 e. The Balaban J connectivity index is 1.12. The second kappa shape index (κ2) is 9.81. The average molecular weight is 458 g/mol. The Bertz CT molecular complexity index is 1070. The number of hydrogen-bond donors (Lipinski definition) is 0. The van der Waals surface area contributed by atoms with Crippen LogP contribution in [-0.4, -0.2) is 40.9 Å². The highest BCUT2D eigenvalue weighted by molar-refractivity contribution is 5.54. The van der Waals surface area contributed by atoms with Crippen LogP contribution in [0.1, 0.15) is 49.3 Å². The zero-order valence-electron chi connectivity index (χ0n) is 21.1. The van der Waals surface area contributed by atoms with Crippen molar-refractivity contribution < 1.29 is 0 Å². The number of nitrogens with zero attached hydrogens (tertiary/aromatic N) is 5. The molecule has 0 radical (unpaired) electrons. The van der Waals surface area contributed by atoms with Crippen LogP contribution in [0.25, 0.3) is 0 Å². The van der Waals surface area contributed by atoms with Gasteiger partial charge in [0.2, 0.25) is 0 Å². The van der Waals surface area contributed by atoms with Crippen molar-refractivity contribution in [3.8, 4) is 0 Å². The number of piperazine rings is 1. The fourth-order valence-electron chi connectivity index (χ4n) is 6.04. The van der Waals surface area contributed by atoms with Gasteiger partial charge in [-0.1, -0.05) is 30.7 Å². The molecule has 1 saturated carbocycles. The largest absolute Gasteiger partial charge is 0.368 e. The summed E-state index contributed by atoms with van der Waals surface area (Å²) in [6.07, 6.45) is 9.92. The fourth-order valence-corrected chi connectivity index (χ4v) is 6.04. The van der Waals surface area contributed by atoms with Gasteiger partial charge < -0.3 is 9.80 Å². The van der Waals surface area contributed by atoms with E-state index in [0.717, 1.165) is 38.6 Å². The highest BCUT2D eigenvalue weighted by Gasteiger charge is 2.35. The van der Waals surface area contributed by atoms with E-state index in [4.69, 9.17) is 0 Å². The van der Waals surface area contributed by atoms with Gasteiger partial charge in [-0.15, -0.1) is 0 Å². The van der Waals surface area contributed by atoms with Crippen molar-refractivity contribution in [1.29, 1.82) is 0 Å². The van der Waals surface area contributed by atoms with Gasteiger partial charge in [0.1, 0.15) is 12.7 Å². The standard InChI is InChI=1S/C29H39N5/c1-23-4-9-27(10-5-23)32-14-16-33(17-15-32)28-11-8-26(24(2)18-28)7-6-25-12-13-29(3,19-25)20-34-22-30-21-31-34/h4-5,8-11,18,21-22,25H,6-7,12-17,19-20H2,1-3H3. The first-order chi connectivity index (χ1) is 16.5. The van der Waals surface area contributed by atoms with Crippen molar-refractivity contribution >= 4 is 11.4 Å². The van der Waals surface area contributed by atoms with Gasteiger partial charge in [-0.05, 0) is 92.7 Å². The molecule has 3 aromatic rings. The molecule has 1 aromatic heterocycles. The maximum absolute atomic E-state index is 4.32. The summed E-state index contributed by atoms with van der Waals surface area (Å²) in [5, 5.41) is 4.32. The third kappa shape index (κ3) is 5.29. The van der Waals surface area contributed by atoms with E-state index in [1.807, 2.05) is 11.0 Å². The number of aryl methyl sites for hydroxylation is 3. The zero-order chi connectivity index (χ0) is 23.5. The van der Waals surface area contributed by atoms with Gasteiger partial charge in [-0.2, -0.15) is 5.10 Å². The van der Waals surface area contributed by atoms with E-state index in [-0.39, 0.29) is 0 Å². The van der Waals surface area contributed by atoms with Crippen LogP contribution in [0, 0.1) is 25.2 Å². The molecule has 180 valence electrons. The summed E-state index contributed by atoms with van der Waals surface area (Å²) in [5.41, 5.74) is 7.38. The van der Waals surface area contributed by atoms with Crippen molar-refractivity contribution in [2.45, 2.75) is 59.4 Å². The summed E-state index contributed by atoms with van der Waals surface area (Å²) in [6.45, 7) is 12.2. The predicted molar refractivity (Wildman–Crippen MR) is 141 cm³/mol. The minimum absolute atomic E-state index is 0.359. The Hall–Kier alpha value is -2.82. The van der Waals surface area contributed by atoms with Gasteiger partial charge >= 0.3 is 0 Å². The molecule has 0 spiro atoms. The van der Waals surface area contributed by atoms with E-state index in [9.17, 15) is 0 Å². The lowest BCUT2D eigenvalue weighted by Gasteiger charge is -2.37. The molecule has 0 N–H and O–H groups in total. The summed E-state index contributed by atoms with van der Waals surface area (Å²) in [4.78, 5) is 9.17. The molecule has 5 heteroatoms. The first kappa shape index (κ1) is 22.9. The topological polar surface area (TPSA) is 37.2 Å². The highest BCUT2D eigenvalue weighted by atomic mass is 15.3. The molecule has 2 unspecified atom stereocenters. The van der Waals surface area contributed by atoms with Crippen LogP contribution in [0.4, 0.5) is 11.4 Å². The van der Waals surface area contributed by atoms with Crippen molar-refractivity contribution in [3.63, 3.8) is 0 Å². The first-order valence-electron chi connectivity index (χ1n) is 13.0. The van der Waals surface area contributed by atoms with Crippen LogP contribution in [0.3, 0.4) is 0 Å². The van der Waals surface area contributed by atoms with Crippen molar-refractivity contribution in [2.24, 2.45) is 11.3 Å². The molecule has 1 aliphatic heterocycles. The zero-order valence-corrected chi connectivity index (χ0v) is 21.1. The molecule has 0 amide bonds. The van der Waals surface area contributed by atoms with Crippen LogP contribution in [0.5, 0.6) is 0 Å². The summed E-state index contributed by atoms with van der Waals surface area (Å²) < 4.78 is 2.01. The predicted octanol–water partition coefficient (Wildman–Crippen LogP) is 5.66. The van der Waals surface area contributed by atoms with E-state index in [1.54, 1.807) is 6.33 Å². The Morgan fingerprint density at radius 3 is 2.32 bits per heavy atom. The molecular weight excluding hydrogens is 418 g/mol. The lowest BCUT2D eigenvalue weighted by molar-refractivity contribution is 0.254. The normalized spacial score (nSPS) is 23.0. The Labute approximate surface area is 204 Å². The second-order valence-corrected chi connectivity index (χ2v) is 11.0. The third-order valence-electron chi connectivity index (χ3n) is 8.14. The van der Waals surface area contributed by atoms with Crippen LogP contribution in [0.15, 0.2) is 55.1 Å². The summed E-state index contributed by atoms with van der Waals surface area (Å²) >= 11 is 0. The van der Waals surface area contributed by atoms with Gasteiger partial charge in [-0.25, -0.2) is 4.98 Å². The maximum atomic E-state index is 4.32. The highest BCUT2D eigenvalue weighted by Crippen LogP contribution is 2.44. The molecule has 2 heterocycles. The number of hydrogen-bond acceptors (Lipinski definition) is 4. The monoisotopic (exact) mass is 457 g/mol. The summed E-state index contributed by atoms with van der Waals surface area (Å²) in [6, 6.07) is 16.1. The molecule has 2 aliphatic rings. The van der Waals surface area contributed by atoms with Gasteiger partial charge in [0.15, 0.2) is 0 Å². The molecule has 2 fully saturated rings.